The van der Waals surface area contributed by atoms with Gasteiger partial charge in [0.2, 0.25) is 0 Å². The zero-order chi connectivity index (χ0) is 26.0. The van der Waals surface area contributed by atoms with Crippen molar-refractivity contribution in [3.8, 4) is 0 Å². The van der Waals surface area contributed by atoms with Crippen molar-refractivity contribution < 1.29 is 18.7 Å². The molecule has 2 amide bonds. The molecule has 1 aliphatic rings. The SMILES string of the molecule is Cc1ccccc1C(=O)Nc1ccc(C(=O)N2CCCC(OP(C)(C)=O)c3cc(Cl)ccc32)c(C)c1. The van der Waals surface area contributed by atoms with Gasteiger partial charge in [0.15, 0.2) is 7.37 Å². The summed E-state index contributed by atoms with van der Waals surface area (Å²) < 4.78 is 18.3. The van der Waals surface area contributed by atoms with Gasteiger partial charge < -0.3 is 14.7 Å². The predicted octanol–water partition coefficient (Wildman–Crippen LogP) is 7.25. The van der Waals surface area contributed by atoms with Crippen LogP contribution in [0.1, 0.15) is 56.4 Å². The van der Waals surface area contributed by atoms with Crippen LogP contribution in [0.4, 0.5) is 11.4 Å². The summed E-state index contributed by atoms with van der Waals surface area (Å²) in [5, 5.41) is 3.45. The van der Waals surface area contributed by atoms with Crippen molar-refractivity contribution in [2.24, 2.45) is 0 Å². The highest BCUT2D eigenvalue weighted by Crippen LogP contribution is 2.48. The lowest BCUT2D eigenvalue weighted by Gasteiger charge is -2.26. The standard InChI is InChI=1S/C28H30ClN2O4P/c1-18-8-5-6-9-22(18)27(32)30-21-12-13-23(19(2)16-21)28(33)31-15-7-10-26(35-36(3,4)34)24-17-20(29)11-14-25(24)31/h5-6,8-9,11-14,16-17,26H,7,10,15H2,1-4H3,(H,30,32). The van der Waals surface area contributed by atoms with Gasteiger partial charge in [0.1, 0.15) is 0 Å². The Kier molecular flexibility index (Phi) is 7.70. The zero-order valence-corrected chi connectivity index (χ0v) is 22.5. The topological polar surface area (TPSA) is 75.7 Å². The average Bonchev–Trinajstić information content (AvgIpc) is 2.97. The van der Waals surface area contributed by atoms with Gasteiger partial charge in [-0.1, -0.05) is 29.8 Å². The average molecular weight is 525 g/mol. The van der Waals surface area contributed by atoms with E-state index in [1.165, 1.54) is 0 Å². The molecule has 6 nitrogen and oxygen atoms in total. The minimum absolute atomic E-state index is 0.148. The summed E-state index contributed by atoms with van der Waals surface area (Å²) in [6, 6.07) is 18.0. The normalized spacial score (nSPS) is 15.7. The maximum absolute atomic E-state index is 13.7. The largest absolute Gasteiger partial charge is 0.322 e. The number of amides is 2. The molecular weight excluding hydrogens is 495 g/mol. The molecule has 0 radical (unpaired) electrons. The molecule has 0 spiro atoms. The monoisotopic (exact) mass is 524 g/mol. The number of aryl methyl sites for hydroxylation is 2. The van der Waals surface area contributed by atoms with Gasteiger partial charge in [0, 0.05) is 53.0 Å². The van der Waals surface area contributed by atoms with Gasteiger partial charge in [-0.3, -0.25) is 14.2 Å². The number of fused-ring (bicyclic) bond motifs is 1. The predicted molar refractivity (Wildman–Crippen MR) is 146 cm³/mol. The molecule has 0 aromatic heterocycles. The van der Waals surface area contributed by atoms with E-state index in [9.17, 15) is 14.2 Å². The number of halogens is 1. The van der Waals surface area contributed by atoms with E-state index in [-0.39, 0.29) is 11.8 Å². The first-order chi connectivity index (χ1) is 17.0. The maximum Gasteiger partial charge on any atom is 0.258 e. The van der Waals surface area contributed by atoms with Crippen LogP contribution in [0.3, 0.4) is 0 Å². The third-order valence-corrected chi connectivity index (χ3v) is 7.20. The summed E-state index contributed by atoms with van der Waals surface area (Å²) in [5.74, 6) is -0.343. The number of benzene rings is 3. The second-order valence-electron chi connectivity index (χ2n) is 9.45. The van der Waals surface area contributed by atoms with Crippen LogP contribution in [0.15, 0.2) is 60.7 Å². The molecule has 1 unspecified atom stereocenters. The molecule has 188 valence electrons. The fraction of sp³-hybridized carbons (Fsp3) is 0.286. The van der Waals surface area contributed by atoms with E-state index in [1.54, 1.807) is 54.6 Å². The second kappa shape index (κ2) is 10.6. The quantitative estimate of drug-likeness (QED) is 0.357. The van der Waals surface area contributed by atoms with Gasteiger partial charge in [0.05, 0.1) is 6.10 Å². The second-order valence-corrected chi connectivity index (χ2v) is 12.6. The molecule has 1 heterocycles. The van der Waals surface area contributed by atoms with Gasteiger partial charge >= 0.3 is 0 Å². The molecule has 0 fully saturated rings. The molecule has 3 aromatic carbocycles. The Morgan fingerprint density at radius 3 is 2.44 bits per heavy atom. The number of hydrogen-bond donors (Lipinski definition) is 1. The molecule has 0 saturated carbocycles. The summed E-state index contributed by atoms with van der Waals surface area (Å²) in [6.07, 6.45) is 0.912. The Morgan fingerprint density at radius 1 is 1.00 bits per heavy atom. The van der Waals surface area contributed by atoms with Crippen LogP contribution in [0.2, 0.25) is 5.02 Å². The third-order valence-electron chi connectivity index (χ3n) is 6.21. The lowest BCUT2D eigenvalue weighted by molar-refractivity contribution is 0.0985. The molecule has 4 rings (SSSR count). The van der Waals surface area contributed by atoms with E-state index in [1.807, 2.05) is 38.1 Å². The summed E-state index contributed by atoms with van der Waals surface area (Å²) in [6.45, 7) is 7.43. The van der Waals surface area contributed by atoms with Crippen molar-refractivity contribution in [3.63, 3.8) is 0 Å². The van der Waals surface area contributed by atoms with Crippen LogP contribution < -0.4 is 10.2 Å². The van der Waals surface area contributed by atoms with Crippen LogP contribution >= 0.6 is 19.0 Å². The number of nitrogens with one attached hydrogen (secondary N) is 1. The minimum atomic E-state index is -2.76. The smallest absolute Gasteiger partial charge is 0.258 e. The van der Waals surface area contributed by atoms with Crippen molar-refractivity contribution in [3.05, 3.63) is 93.5 Å². The fourth-order valence-electron chi connectivity index (χ4n) is 4.52. The van der Waals surface area contributed by atoms with Gasteiger partial charge in [-0.2, -0.15) is 0 Å². The van der Waals surface area contributed by atoms with Crippen LogP contribution in [0.5, 0.6) is 0 Å². The Labute approximate surface area is 217 Å². The molecule has 0 saturated heterocycles. The Balaban J connectivity index is 1.61. The fourth-order valence-corrected chi connectivity index (χ4v) is 5.53. The van der Waals surface area contributed by atoms with E-state index in [0.717, 1.165) is 16.7 Å². The van der Waals surface area contributed by atoms with Crippen LogP contribution in [0, 0.1) is 13.8 Å². The highest BCUT2D eigenvalue weighted by Gasteiger charge is 2.30. The molecule has 1 aliphatic heterocycles. The molecular formula is C28H30ClN2O4P. The van der Waals surface area contributed by atoms with E-state index in [2.05, 4.69) is 5.32 Å². The third kappa shape index (κ3) is 5.89. The number of anilines is 2. The lowest BCUT2D eigenvalue weighted by Crippen LogP contribution is -2.32. The molecule has 3 aromatic rings. The van der Waals surface area contributed by atoms with Crippen LogP contribution in [0.25, 0.3) is 0 Å². The Hall–Kier alpha value is -2.92. The first kappa shape index (κ1) is 26.2. The number of carbonyl (C=O) groups excluding carboxylic acids is 2. The summed E-state index contributed by atoms with van der Waals surface area (Å²) in [7, 11) is -2.76. The molecule has 36 heavy (non-hydrogen) atoms. The first-order valence-electron chi connectivity index (χ1n) is 11.9. The van der Waals surface area contributed by atoms with Gasteiger partial charge in [0.25, 0.3) is 11.8 Å². The molecule has 8 heteroatoms. The molecule has 0 aliphatic carbocycles. The number of carbonyl (C=O) groups is 2. The number of rotatable bonds is 5. The van der Waals surface area contributed by atoms with Crippen molar-refractivity contribution >= 4 is 42.2 Å². The van der Waals surface area contributed by atoms with E-state index in [4.69, 9.17) is 16.1 Å². The van der Waals surface area contributed by atoms with Gasteiger partial charge in [-0.05, 0) is 80.3 Å². The van der Waals surface area contributed by atoms with Gasteiger partial charge in [-0.25, -0.2) is 0 Å². The molecule has 1 atom stereocenters. The Morgan fingerprint density at radius 2 is 1.75 bits per heavy atom. The van der Waals surface area contributed by atoms with E-state index >= 15 is 0 Å². The van der Waals surface area contributed by atoms with E-state index < -0.39 is 13.5 Å². The van der Waals surface area contributed by atoms with Crippen molar-refractivity contribution in [2.75, 3.05) is 30.1 Å². The molecule has 1 N–H and O–H groups in total. The summed E-state index contributed by atoms with van der Waals surface area (Å²) in [5.41, 5.74) is 4.88. The highest BCUT2D eigenvalue weighted by atomic mass is 35.5. The maximum atomic E-state index is 13.7. The highest BCUT2D eigenvalue weighted by molar-refractivity contribution is 7.57. The zero-order valence-electron chi connectivity index (χ0n) is 20.9. The number of nitrogens with zero attached hydrogens (tertiary/aromatic N) is 1. The molecule has 0 bridgehead atoms. The first-order valence-corrected chi connectivity index (χ1v) is 14.8. The van der Waals surface area contributed by atoms with Crippen molar-refractivity contribution in [1.29, 1.82) is 0 Å². The lowest BCUT2D eigenvalue weighted by atomic mass is 10.0. The van der Waals surface area contributed by atoms with Crippen LogP contribution in [-0.4, -0.2) is 31.7 Å². The van der Waals surface area contributed by atoms with Crippen molar-refractivity contribution in [1.82, 2.24) is 0 Å². The van der Waals surface area contributed by atoms with Crippen LogP contribution in [-0.2, 0) is 9.09 Å². The summed E-state index contributed by atoms with van der Waals surface area (Å²) >= 11 is 6.29. The minimum Gasteiger partial charge on any atom is -0.322 e. The Bertz CT molecular complexity index is 1370. The van der Waals surface area contributed by atoms with Gasteiger partial charge in [-0.15, -0.1) is 0 Å². The summed E-state index contributed by atoms with van der Waals surface area (Å²) in [4.78, 5) is 28.2. The van der Waals surface area contributed by atoms with E-state index in [0.29, 0.717) is 46.9 Å². The van der Waals surface area contributed by atoms with Crippen molar-refractivity contribution in [2.45, 2.75) is 32.8 Å². The number of hydrogen-bond acceptors (Lipinski definition) is 4.